The standard InChI is InChI=1S/C12H11N2/c13-10-5-3-4-9(8-10)11-6-1-2-7-12(11)14/h1-6,8H,13-14H2. The Morgan fingerprint density at radius 2 is 1.86 bits per heavy atom. The highest BCUT2D eigenvalue weighted by molar-refractivity contribution is 5.77. The Balaban J connectivity index is 2.55. The molecular weight excluding hydrogens is 172 g/mol. The van der Waals surface area contributed by atoms with Gasteiger partial charge in [-0.1, -0.05) is 30.3 Å². The molecule has 2 nitrogen and oxygen atoms in total. The first-order valence-corrected chi connectivity index (χ1v) is 4.39. The van der Waals surface area contributed by atoms with Crippen LogP contribution in [0.3, 0.4) is 0 Å². The Morgan fingerprint density at radius 3 is 2.57 bits per heavy atom. The van der Waals surface area contributed by atoms with Crippen LogP contribution in [0.5, 0.6) is 0 Å². The second-order valence-electron chi connectivity index (χ2n) is 3.12. The van der Waals surface area contributed by atoms with Gasteiger partial charge in [0.25, 0.3) is 0 Å². The maximum absolute atomic E-state index is 5.81. The molecule has 69 valence electrons. The van der Waals surface area contributed by atoms with Crippen LogP contribution in [-0.4, -0.2) is 0 Å². The summed E-state index contributed by atoms with van der Waals surface area (Å²) in [6.07, 6.45) is 0. The van der Waals surface area contributed by atoms with Crippen molar-refractivity contribution in [2.45, 2.75) is 0 Å². The van der Waals surface area contributed by atoms with E-state index in [-0.39, 0.29) is 0 Å². The van der Waals surface area contributed by atoms with Crippen LogP contribution in [0.1, 0.15) is 0 Å². The summed E-state index contributed by atoms with van der Waals surface area (Å²) in [5, 5.41) is 0. The van der Waals surface area contributed by atoms with Crippen molar-refractivity contribution in [2.75, 3.05) is 11.5 Å². The number of hydrogen-bond acceptors (Lipinski definition) is 2. The van der Waals surface area contributed by atoms with Crippen LogP contribution < -0.4 is 11.5 Å². The molecule has 0 fully saturated rings. The largest absolute Gasteiger partial charge is 0.399 e. The molecule has 14 heavy (non-hydrogen) atoms. The van der Waals surface area contributed by atoms with E-state index in [1.54, 1.807) is 6.07 Å². The van der Waals surface area contributed by atoms with Gasteiger partial charge in [0.2, 0.25) is 0 Å². The van der Waals surface area contributed by atoms with Gasteiger partial charge in [-0.15, -0.1) is 0 Å². The fourth-order valence-corrected chi connectivity index (χ4v) is 1.41. The summed E-state index contributed by atoms with van der Waals surface area (Å²) in [5.41, 5.74) is 14.9. The quantitative estimate of drug-likeness (QED) is 0.666. The van der Waals surface area contributed by atoms with Crippen molar-refractivity contribution in [2.24, 2.45) is 0 Å². The zero-order chi connectivity index (χ0) is 9.97. The highest BCUT2D eigenvalue weighted by Crippen LogP contribution is 2.26. The summed E-state index contributed by atoms with van der Waals surface area (Å²) in [6.45, 7) is 0. The van der Waals surface area contributed by atoms with Gasteiger partial charge in [0.15, 0.2) is 0 Å². The van der Waals surface area contributed by atoms with E-state index < -0.39 is 0 Å². The van der Waals surface area contributed by atoms with Crippen molar-refractivity contribution < 1.29 is 0 Å². The zero-order valence-corrected chi connectivity index (χ0v) is 7.70. The molecule has 2 aromatic rings. The Bertz CT molecular complexity index is 450. The van der Waals surface area contributed by atoms with Crippen LogP contribution in [0.2, 0.25) is 0 Å². The molecule has 0 spiro atoms. The van der Waals surface area contributed by atoms with E-state index >= 15 is 0 Å². The molecule has 1 radical (unpaired) electrons. The molecule has 0 aliphatic heterocycles. The van der Waals surface area contributed by atoms with Gasteiger partial charge in [0, 0.05) is 23.0 Å². The number of benzene rings is 2. The second-order valence-corrected chi connectivity index (χ2v) is 3.12. The van der Waals surface area contributed by atoms with E-state index in [0.29, 0.717) is 5.69 Å². The molecule has 4 N–H and O–H groups in total. The summed E-state index contributed by atoms with van der Waals surface area (Å²) >= 11 is 0. The first-order valence-electron chi connectivity index (χ1n) is 4.39. The van der Waals surface area contributed by atoms with E-state index in [4.69, 9.17) is 11.5 Å². The maximum Gasteiger partial charge on any atom is 0.0474 e. The molecule has 0 aliphatic carbocycles. The molecule has 2 heteroatoms. The minimum absolute atomic E-state index is 0.651. The lowest BCUT2D eigenvalue weighted by Gasteiger charge is -2.05. The first-order chi connectivity index (χ1) is 6.77. The number of para-hydroxylation sites is 1. The fourth-order valence-electron chi connectivity index (χ4n) is 1.41. The number of hydrogen-bond donors (Lipinski definition) is 2. The number of rotatable bonds is 1. The molecule has 0 aliphatic rings. The van der Waals surface area contributed by atoms with Crippen LogP contribution in [0, 0.1) is 6.07 Å². The van der Waals surface area contributed by atoms with Crippen LogP contribution in [-0.2, 0) is 0 Å². The first kappa shape index (κ1) is 8.63. The van der Waals surface area contributed by atoms with Crippen molar-refractivity contribution in [3.63, 3.8) is 0 Å². The predicted octanol–water partition coefficient (Wildman–Crippen LogP) is 2.32. The molecular formula is C12H11N2. The summed E-state index contributed by atoms with van der Waals surface area (Å²) in [6, 6.07) is 16.3. The van der Waals surface area contributed by atoms with Crippen LogP contribution in [0.4, 0.5) is 11.4 Å². The summed E-state index contributed by atoms with van der Waals surface area (Å²) in [4.78, 5) is 0. The molecule has 0 heterocycles. The van der Waals surface area contributed by atoms with Crippen LogP contribution >= 0.6 is 0 Å². The Kier molecular flexibility index (Phi) is 2.11. The van der Waals surface area contributed by atoms with Gasteiger partial charge in [0.05, 0.1) is 0 Å². The highest BCUT2D eigenvalue weighted by atomic mass is 14.6. The molecule has 0 bridgehead atoms. The molecule has 0 aromatic heterocycles. The van der Waals surface area contributed by atoms with Gasteiger partial charge in [-0.2, -0.15) is 0 Å². The lowest BCUT2D eigenvalue weighted by molar-refractivity contribution is 1.60. The Hall–Kier alpha value is -1.96. The summed E-state index contributed by atoms with van der Waals surface area (Å²) in [5.74, 6) is 0. The monoisotopic (exact) mass is 183 g/mol. The molecule has 0 amide bonds. The zero-order valence-electron chi connectivity index (χ0n) is 7.70. The van der Waals surface area contributed by atoms with Crippen molar-refractivity contribution in [3.8, 4) is 11.1 Å². The highest BCUT2D eigenvalue weighted by Gasteiger charge is 2.00. The van der Waals surface area contributed by atoms with Crippen molar-refractivity contribution in [1.82, 2.24) is 0 Å². The Labute approximate surface area is 83.2 Å². The van der Waals surface area contributed by atoms with Gasteiger partial charge in [0.1, 0.15) is 0 Å². The normalized spacial score (nSPS) is 10.0. The van der Waals surface area contributed by atoms with E-state index in [9.17, 15) is 0 Å². The molecule has 0 saturated heterocycles. The van der Waals surface area contributed by atoms with Gasteiger partial charge in [-0.3, -0.25) is 0 Å². The topological polar surface area (TPSA) is 52.0 Å². The van der Waals surface area contributed by atoms with E-state index in [2.05, 4.69) is 6.07 Å². The van der Waals surface area contributed by atoms with Crippen LogP contribution in [0.25, 0.3) is 11.1 Å². The molecule has 2 rings (SSSR count). The fraction of sp³-hybridized carbons (Fsp3) is 0. The Morgan fingerprint density at radius 1 is 1.00 bits per heavy atom. The second kappa shape index (κ2) is 3.42. The van der Waals surface area contributed by atoms with Gasteiger partial charge < -0.3 is 11.5 Å². The molecule has 0 unspecified atom stereocenters. The summed E-state index contributed by atoms with van der Waals surface area (Å²) in [7, 11) is 0. The third-order valence-corrected chi connectivity index (χ3v) is 2.09. The van der Waals surface area contributed by atoms with Gasteiger partial charge >= 0.3 is 0 Å². The average molecular weight is 183 g/mol. The molecule has 2 aromatic carbocycles. The lowest BCUT2D eigenvalue weighted by Crippen LogP contribution is -1.90. The van der Waals surface area contributed by atoms with Crippen molar-refractivity contribution in [3.05, 3.63) is 48.5 Å². The maximum atomic E-state index is 5.81. The average Bonchev–Trinajstić information content (AvgIpc) is 2.18. The number of nitrogen functional groups attached to an aromatic ring is 2. The minimum Gasteiger partial charge on any atom is -0.399 e. The molecule has 0 saturated carbocycles. The third kappa shape index (κ3) is 1.55. The SMILES string of the molecule is Nc1cccc(-c2ccc[c]c2N)c1. The van der Waals surface area contributed by atoms with Crippen molar-refractivity contribution >= 4 is 11.4 Å². The van der Waals surface area contributed by atoms with E-state index in [1.807, 2.05) is 36.4 Å². The smallest absolute Gasteiger partial charge is 0.0474 e. The lowest BCUT2D eigenvalue weighted by atomic mass is 10.0. The number of anilines is 2. The van der Waals surface area contributed by atoms with Crippen LogP contribution in [0.15, 0.2) is 42.5 Å². The van der Waals surface area contributed by atoms with Gasteiger partial charge in [-0.05, 0) is 17.7 Å². The minimum atomic E-state index is 0.651. The van der Waals surface area contributed by atoms with Gasteiger partial charge in [-0.25, -0.2) is 0 Å². The predicted molar refractivity (Wildman–Crippen MR) is 59.5 cm³/mol. The summed E-state index contributed by atoms with van der Waals surface area (Å²) < 4.78 is 0. The van der Waals surface area contributed by atoms with Crippen molar-refractivity contribution in [1.29, 1.82) is 0 Å². The van der Waals surface area contributed by atoms with E-state index in [1.165, 1.54) is 0 Å². The number of nitrogens with two attached hydrogens (primary N) is 2. The third-order valence-electron chi connectivity index (χ3n) is 2.09. The molecule has 0 atom stereocenters. The van der Waals surface area contributed by atoms with E-state index in [0.717, 1.165) is 16.8 Å².